The van der Waals surface area contributed by atoms with Crippen LogP contribution in [0.25, 0.3) is 66.9 Å². The highest BCUT2D eigenvalue weighted by Gasteiger charge is 2.51. The summed E-state index contributed by atoms with van der Waals surface area (Å²) in [7, 11) is 1.70. The largest absolute Gasteiger partial charge is 0.360 e. The number of nitrogens with one attached hydrogen (secondary N) is 5. The first-order valence-corrected chi connectivity index (χ1v) is 47.2. The molecule has 0 spiro atoms. The van der Waals surface area contributed by atoms with Crippen LogP contribution in [0.15, 0.2) is 55.0 Å². The predicted octanol–water partition coefficient (Wildman–Crippen LogP) is 19.1. The van der Waals surface area contributed by atoms with Crippen molar-refractivity contribution < 1.29 is 23.9 Å². The highest BCUT2D eigenvalue weighted by atomic mass is 79.9. The van der Waals surface area contributed by atoms with Crippen LogP contribution in [0.3, 0.4) is 0 Å². The number of aromatic nitrogens is 9. The number of ether oxygens (including phenoxy) is 2. The van der Waals surface area contributed by atoms with Crippen molar-refractivity contribution >= 4 is 99.6 Å². The Morgan fingerprint density at radius 1 is 0.485 bits per heavy atom. The van der Waals surface area contributed by atoms with E-state index in [2.05, 4.69) is 176 Å². The molecule has 101 heavy (non-hydrogen) atoms. The Hall–Kier alpha value is -6.85. The number of aryl methyl sites for hydroxylation is 6. The van der Waals surface area contributed by atoms with Gasteiger partial charge in [-0.05, 0) is 201 Å². The minimum absolute atomic E-state index is 0.171. The highest BCUT2D eigenvalue weighted by Crippen LogP contribution is 2.53. The summed E-state index contributed by atoms with van der Waals surface area (Å²) < 4.78 is 15.9. The monoisotopic (exact) mass is 1470 g/mol. The number of carbonyl (C=O) groups excluding carboxylic acids is 3. The summed E-state index contributed by atoms with van der Waals surface area (Å²) in [5.41, 5.74) is 23.5. The van der Waals surface area contributed by atoms with Gasteiger partial charge in [0.2, 0.25) is 17.7 Å². The second kappa shape index (κ2) is 30.1. The van der Waals surface area contributed by atoms with Crippen LogP contribution in [-0.4, -0.2) is 112 Å². The van der Waals surface area contributed by atoms with Gasteiger partial charge in [-0.3, -0.25) is 19.5 Å². The second-order valence-corrected chi connectivity index (χ2v) is 43.5. The number of amides is 3. The van der Waals surface area contributed by atoms with Gasteiger partial charge in [-0.2, -0.15) is 15.3 Å². The summed E-state index contributed by atoms with van der Waals surface area (Å²) in [6, 6.07) is 15.9. The lowest BCUT2D eigenvalue weighted by atomic mass is 9.74. The van der Waals surface area contributed by atoms with Crippen molar-refractivity contribution in [3.05, 3.63) is 105 Å². The molecular formula is C81H113BrN12O5Si2. The number of H-pyrrole nitrogens is 4. The van der Waals surface area contributed by atoms with Crippen molar-refractivity contribution in [2.75, 3.05) is 48.3 Å². The van der Waals surface area contributed by atoms with E-state index < -0.39 is 27.0 Å². The molecule has 0 fully saturated rings. The summed E-state index contributed by atoms with van der Waals surface area (Å²) in [6.45, 7) is 29.9. The van der Waals surface area contributed by atoms with Gasteiger partial charge in [0.15, 0.2) is 0 Å². The maximum Gasteiger partial charge on any atom is 0.237 e. The van der Waals surface area contributed by atoms with Gasteiger partial charge in [0.05, 0.1) is 45.2 Å². The number of likely N-dealkylation sites (N-methyl/N-ethyl adjacent to an activating group) is 2. The molecule has 3 amide bonds. The molecule has 3 aromatic carbocycles. The minimum Gasteiger partial charge on any atom is -0.360 e. The van der Waals surface area contributed by atoms with Crippen molar-refractivity contribution in [2.24, 2.45) is 0 Å². The Balaban J connectivity index is 0.000000143. The first-order valence-electron chi connectivity index (χ1n) is 38.2. The number of halogens is 1. The van der Waals surface area contributed by atoms with Crippen molar-refractivity contribution in [3.8, 4) is 34.2 Å². The van der Waals surface area contributed by atoms with E-state index in [1.807, 2.05) is 45.3 Å². The zero-order valence-corrected chi connectivity index (χ0v) is 66.9. The van der Waals surface area contributed by atoms with Gasteiger partial charge in [0.25, 0.3) is 0 Å². The number of hydrogen-bond donors (Lipinski definition) is 5. The molecular weight excluding hydrogens is 1360 g/mol. The maximum atomic E-state index is 13.5. The lowest BCUT2D eigenvalue weighted by molar-refractivity contribution is -0.124. The third-order valence-corrected chi connectivity index (χ3v) is 26.1. The first-order chi connectivity index (χ1) is 48.5. The lowest BCUT2D eigenvalue weighted by Gasteiger charge is -2.27. The molecule has 0 unspecified atom stereocenters. The Labute approximate surface area is 609 Å². The number of benzene rings is 3. The number of anilines is 3. The molecule has 0 atom stereocenters. The van der Waals surface area contributed by atoms with Gasteiger partial charge in [-0.25, -0.2) is 9.36 Å². The summed E-state index contributed by atoms with van der Waals surface area (Å²) in [6.07, 6.45) is 27.2. The van der Waals surface area contributed by atoms with Crippen LogP contribution in [0.5, 0.6) is 0 Å². The second-order valence-electron chi connectivity index (χ2n) is 32.2. The first kappa shape index (κ1) is 73.9. The fraction of sp³-hybridized carbons (Fsp3) is 0.556. The Kier molecular flexibility index (Phi) is 22.0. The summed E-state index contributed by atoms with van der Waals surface area (Å²) >= 11 is 2.94. The smallest absolute Gasteiger partial charge is 0.237 e. The molecule has 542 valence electrons. The minimum atomic E-state index is -1.10. The van der Waals surface area contributed by atoms with Crippen LogP contribution in [0.4, 0.5) is 17.1 Å². The summed E-state index contributed by atoms with van der Waals surface area (Å²) in [4.78, 5) is 55.0. The van der Waals surface area contributed by atoms with E-state index >= 15 is 0 Å². The Morgan fingerprint density at radius 3 is 1.30 bits per heavy atom. The van der Waals surface area contributed by atoms with Crippen LogP contribution in [0.1, 0.15) is 188 Å². The van der Waals surface area contributed by atoms with E-state index in [4.69, 9.17) is 19.7 Å². The van der Waals surface area contributed by atoms with Crippen LogP contribution in [0.2, 0.25) is 51.4 Å². The summed E-state index contributed by atoms with van der Waals surface area (Å²) in [5, 5.41) is 24.4. The topological polar surface area (TPSA) is 200 Å². The number of nitrogens with zero attached hydrogens (tertiary/aromatic N) is 7. The van der Waals surface area contributed by atoms with Crippen molar-refractivity contribution in [1.29, 1.82) is 0 Å². The number of hydrogen-bond acceptors (Lipinski definition) is 8. The third kappa shape index (κ3) is 13.8. The fourth-order valence-corrected chi connectivity index (χ4v) is 19.5. The van der Waals surface area contributed by atoms with Gasteiger partial charge < -0.3 is 39.5 Å². The number of aromatic amines is 4. The molecule has 17 nitrogen and oxygen atoms in total. The van der Waals surface area contributed by atoms with E-state index in [1.54, 1.807) is 0 Å². The predicted molar refractivity (Wildman–Crippen MR) is 424 cm³/mol. The van der Waals surface area contributed by atoms with Crippen molar-refractivity contribution in [2.45, 2.75) is 257 Å². The highest BCUT2D eigenvalue weighted by molar-refractivity contribution is 9.08. The summed E-state index contributed by atoms with van der Waals surface area (Å²) in [5.74, 6) is 2.51. The molecule has 6 aliphatic rings. The molecule has 0 bridgehead atoms. The van der Waals surface area contributed by atoms with Crippen LogP contribution >= 0.6 is 15.9 Å². The normalized spacial score (nSPS) is 16.7. The number of alkyl halides is 1. The number of rotatable bonds is 22. The third-order valence-electron chi connectivity index (χ3n) is 22.7. The van der Waals surface area contributed by atoms with E-state index in [9.17, 15) is 14.4 Å². The molecule has 0 radical (unpaired) electrons. The zero-order valence-electron chi connectivity index (χ0n) is 63.3. The molecule has 5 N–H and O–H groups in total. The van der Waals surface area contributed by atoms with Crippen LogP contribution in [-0.2, 0) is 92.1 Å². The maximum absolute atomic E-state index is 13.5. The van der Waals surface area contributed by atoms with E-state index in [0.29, 0.717) is 13.5 Å². The average Bonchev–Trinajstić information content (AvgIpc) is 1.58. The van der Waals surface area contributed by atoms with E-state index in [-0.39, 0.29) is 23.1 Å². The molecule has 0 saturated carbocycles. The van der Waals surface area contributed by atoms with Gasteiger partial charge >= 0.3 is 0 Å². The average molecular weight is 1470 g/mol. The SMILES string of the molecule is CBr.CCCC1(CCC)C(=O)N(C)c2cc3c4c([nH]c3cc21)-c1[nH]ncc1CCC4.CCCC1(CCC)C(=O)N(C)c2cc3c4c([nH]c3cc21)-c1nn(COCC[Si](C)(C)C)cc1CCC4.CCCC1(CCC)C(=O)Nc2cc3c4c([nH]c3cc21)-c1nn(COCC[Si](C)(C)C)cc1CCC4. The molecule has 15 rings (SSSR count). The van der Waals surface area contributed by atoms with Gasteiger partial charge in [-0.1, -0.05) is 135 Å². The fourth-order valence-electron chi connectivity index (χ4n) is 17.9. The molecule has 9 heterocycles. The van der Waals surface area contributed by atoms with Gasteiger partial charge in [0.1, 0.15) is 24.8 Å². The van der Waals surface area contributed by atoms with Crippen molar-refractivity contribution in [1.82, 2.24) is 44.7 Å². The lowest BCUT2D eigenvalue weighted by Crippen LogP contribution is -2.38. The van der Waals surface area contributed by atoms with Crippen molar-refractivity contribution in [3.63, 3.8) is 0 Å². The molecule has 0 saturated heterocycles. The van der Waals surface area contributed by atoms with Crippen LogP contribution in [0, 0.1) is 0 Å². The van der Waals surface area contributed by atoms with E-state index in [0.717, 1.165) is 216 Å². The molecule has 20 heteroatoms. The number of carbonyl (C=O) groups is 3. The van der Waals surface area contributed by atoms with E-state index in [1.165, 1.54) is 78.4 Å². The Bertz CT molecular complexity index is 4490. The van der Waals surface area contributed by atoms with Gasteiger partial charge in [-0.15, -0.1) is 0 Å². The molecule has 3 aliphatic heterocycles. The Morgan fingerprint density at radius 2 is 0.871 bits per heavy atom. The standard InChI is InChI=1S/C29H42N4O2Si.C28H40N4O2Si.C23H28N4O.CH3Br/c1-7-12-29(13-8-2)23-17-24-22(16-25(23)32(3)28(29)34)21-11-9-10-20-18-33(31-26(20)27(21)30-24)19-35-14-15-36(4,5)6;1-6-11-28(12-7-2)22-16-23-21(15-24(22)30-27(28)33)20-10-8-9-19-17-32(31-25(19)26(20)29-23)18-34-13-14-35(3,4)5;1-4-9-23(10-5-2)17-12-18-16(11-19(17)27(3)22(23)28)15-8-6-7-14-13-24-26-20(14)21(15)25-18;1-2/h16-18,30H,7-15,19H2,1-6H3;15-17,29H,6-14,18H2,1-5H3,(H,30,33);11-13,25H,4-10H2,1-3H3,(H,24,26);1H3. The molecule has 3 aliphatic carbocycles. The quantitative estimate of drug-likeness (QED) is 0.0251. The number of fused-ring (bicyclic) bond motifs is 18. The zero-order chi connectivity index (χ0) is 71.9. The molecule has 9 aromatic rings. The van der Waals surface area contributed by atoms with Crippen LogP contribution < -0.4 is 15.1 Å². The van der Waals surface area contributed by atoms with Gasteiger partial charge in [0, 0.05) is 106 Å². The molecule has 6 aromatic heterocycles.